The van der Waals surface area contributed by atoms with Crippen LogP contribution in [0.2, 0.25) is 0 Å². The first-order valence-electron chi connectivity index (χ1n) is 7.70. The summed E-state index contributed by atoms with van der Waals surface area (Å²) in [6.07, 6.45) is 3.66. The van der Waals surface area contributed by atoms with Crippen LogP contribution in [0.5, 0.6) is 0 Å². The summed E-state index contributed by atoms with van der Waals surface area (Å²) in [5.74, 6) is 0.438. The molecular weight excluding hydrogens is 250 g/mol. The Morgan fingerprint density at radius 1 is 1.35 bits per heavy atom. The van der Waals surface area contributed by atoms with E-state index in [1.54, 1.807) is 0 Å². The summed E-state index contributed by atoms with van der Waals surface area (Å²) in [7, 11) is 0. The second-order valence-electron chi connectivity index (χ2n) is 5.42. The Morgan fingerprint density at radius 2 is 2.15 bits per heavy atom. The molecule has 1 aliphatic rings. The van der Waals surface area contributed by atoms with Crippen LogP contribution in [0.1, 0.15) is 43.7 Å². The van der Waals surface area contributed by atoms with Crippen LogP contribution in [-0.4, -0.2) is 37.1 Å². The van der Waals surface area contributed by atoms with Gasteiger partial charge >= 0.3 is 5.97 Å². The molecular formula is C17H25NO2. The third-order valence-corrected chi connectivity index (χ3v) is 4.08. The molecule has 20 heavy (non-hydrogen) atoms. The molecule has 0 saturated carbocycles. The number of esters is 1. The Labute approximate surface area is 121 Å². The average molecular weight is 275 g/mol. The zero-order valence-electron chi connectivity index (χ0n) is 12.6. The van der Waals surface area contributed by atoms with Gasteiger partial charge in [-0.3, -0.25) is 9.69 Å². The monoisotopic (exact) mass is 275 g/mol. The van der Waals surface area contributed by atoms with E-state index in [0.29, 0.717) is 19.1 Å². The Balaban J connectivity index is 2.00. The molecule has 0 aliphatic heterocycles. The summed E-state index contributed by atoms with van der Waals surface area (Å²) in [6.45, 7) is 6.66. The van der Waals surface area contributed by atoms with Crippen molar-refractivity contribution in [2.24, 2.45) is 0 Å². The van der Waals surface area contributed by atoms with Gasteiger partial charge < -0.3 is 4.74 Å². The Bertz CT molecular complexity index is 444. The van der Waals surface area contributed by atoms with E-state index >= 15 is 0 Å². The molecule has 110 valence electrons. The number of aryl methyl sites for hydroxylation is 1. The highest BCUT2D eigenvalue weighted by atomic mass is 16.5. The molecule has 2 rings (SSSR count). The zero-order chi connectivity index (χ0) is 14.4. The summed E-state index contributed by atoms with van der Waals surface area (Å²) < 4.78 is 5.05. The van der Waals surface area contributed by atoms with Gasteiger partial charge in [-0.2, -0.15) is 0 Å². The first kappa shape index (κ1) is 15.0. The lowest BCUT2D eigenvalue weighted by molar-refractivity contribution is -0.144. The largest absolute Gasteiger partial charge is 0.465 e. The van der Waals surface area contributed by atoms with E-state index < -0.39 is 0 Å². The maximum absolute atomic E-state index is 11.6. The molecule has 0 spiro atoms. The van der Waals surface area contributed by atoms with Crippen molar-refractivity contribution in [2.75, 3.05) is 26.2 Å². The standard InChI is InChI=1S/C17H25NO2/c1-3-18(13-17(19)20-4-2)12-15-10-7-9-14-8-5-6-11-16(14)15/h5-6,8,11,15H,3-4,7,9-10,12-13H2,1-2H3. The van der Waals surface area contributed by atoms with Gasteiger partial charge in [0.1, 0.15) is 0 Å². The Kier molecular flexibility index (Phi) is 5.60. The molecule has 3 heteroatoms. The third kappa shape index (κ3) is 3.83. The second kappa shape index (κ2) is 7.44. The molecule has 0 bridgehead atoms. The van der Waals surface area contributed by atoms with E-state index in [4.69, 9.17) is 4.74 Å². The van der Waals surface area contributed by atoms with Crippen LogP contribution in [0, 0.1) is 0 Å². The molecule has 1 aromatic rings. The minimum Gasteiger partial charge on any atom is -0.465 e. The number of ether oxygens (including phenoxy) is 1. The Morgan fingerprint density at radius 3 is 2.90 bits per heavy atom. The van der Waals surface area contributed by atoms with Gasteiger partial charge in [-0.25, -0.2) is 0 Å². The predicted molar refractivity (Wildman–Crippen MR) is 80.9 cm³/mol. The topological polar surface area (TPSA) is 29.5 Å². The smallest absolute Gasteiger partial charge is 0.320 e. The van der Waals surface area contributed by atoms with Crippen molar-refractivity contribution in [2.45, 2.75) is 39.0 Å². The molecule has 0 radical (unpaired) electrons. The maximum Gasteiger partial charge on any atom is 0.320 e. The first-order chi connectivity index (χ1) is 9.74. The van der Waals surface area contributed by atoms with Gasteiger partial charge in [0.15, 0.2) is 0 Å². The van der Waals surface area contributed by atoms with Crippen molar-refractivity contribution in [3.63, 3.8) is 0 Å². The third-order valence-electron chi connectivity index (χ3n) is 4.08. The molecule has 3 nitrogen and oxygen atoms in total. The average Bonchev–Trinajstić information content (AvgIpc) is 2.47. The van der Waals surface area contributed by atoms with Gasteiger partial charge in [0, 0.05) is 6.54 Å². The first-order valence-corrected chi connectivity index (χ1v) is 7.70. The number of carbonyl (C=O) groups excluding carboxylic acids is 1. The van der Waals surface area contributed by atoms with Crippen LogP contribution < -0.4 is 0 Å². The van der Waals surface area contributed by atoms with E-state index in [1.165, 1.54) is 30.4 Å². The quantitative estimate of drug-likeness (QED) is 0.748. The van der Waals surface area contributed by atoms with Crippen molar-refractivity contribution in [1.29, 1.82) is 0 Å². The SMILES string of the molecule is CCOC(=O)CN(CC)CC1CCCc2ccccc21. The number of hydrogen-bond donors (Lipinski definition) is 0. The van der Waals surface area contributed by atoms with Gasteiger partial charge in [0.05, 0.1) is 13.2 Å². The van der Waals surface area contributed by atoms with Crippen LogP contribution in [0.25, 0.3) is 0 Å². The molecule has 1 atom stereocenters. The molecule has 0 fully saturated rings. The van der Waals surface area contributed by atoms with Crippen molar-refractivity contribution < 1.29 is 9.53 Å². The van der Waals surface area contributed by atoms with Crippen molar-refractivity contribution in [3.05, 3.63) is 35.4 Å². The van der Waals surface area contributed by atoms with Gasteiger partial charge in [-0.05, 0) is 49.8 Å². The lowest BCUT2D eigenvalue weighted by Gasteiger charge is -2.30. The van der Waals surface area contributed by atoms with E-state index in [1.807, 2.05) is 6.92 Å². The molecule has 0 amide bonds. The van der Waals surface area contributed by atoms with Crippen LogP contribution in [-0.2, 0) is 16.0 Å². The predicted octanol–water partition coefficient (Wildman–Crippen LogP) is 2.99. The molecule has 0 N–H and O–H groups in total. The van der Waals surface area contributed by atoms with Gasteiger partial charge in [0.25, 0.3) is 0 Å². The normalized spacial score (nSPS) is 17.9. The molecule has 0 saturated heterocycles. The second-order valence-corrected chi connectivity index (χ2v) is 5.42. The molecule has 1 aliphatic carbocycles. The van der Waals surface area contributed by atoms with E-state index in [-0.39, 0.29) is 5.97 Å². The lowest BCUT2D eigenvalue weighted by atomic mass is 9.82. The highest BCUT2D eigenvalue weighted by molar-refractivity contribution is 5.71. The number of nitrogens with zero attached hydrogens (tertiary/aromatic N) is 1. The zero-order valence-corrected chi connectivity index (χ0v) is 12.6. The van der Waals surface area contributed by atoms with E-state index in [0.717, 1.165) is 13.1 Å². The van der Waals surface area contributed by atoms with Gasteiger partial charge in [0.2, 0.25) is 0 Å². The number of benzene rings is 1. The highest BCUT2D eigenvalue weighted by Gasteiger charge is 2.22. The summed E-state index contributed by atoms with van der Waals surface area (Å²) >= 11 is 0. The van der Waals surface area contributed by atoms with Crippen LogP contribution >= 0.6 is 0 Å². The fourth-order valence-corrected chi connectivity index (χ4v) is 3.05. The lowest BCUT2D eigenvalue weighted by Crippen LogP contribution is -2.35. The van der Waals surface area contributed by atoms with Gasteiger partial charge in [-0.1, -0.05) is 31.2 Å². The fourth-order valence-electron chi connectivity index (χ4n) is 3.05. The number of rotatable bonds is 6. The maximum atomic E-state index is 11.6. The van der Waals surface area contributed by atoms with Gasteiger partial charge in [-0.15, -0.1) is 0 Å². The highest BCUT2D eigenvalue weighted by Crippen LogP contribution is 2.31. The summed E-state index contributed by atoms with van der Waals surface area (Å²) in [4.78, 5) is 13.8. The van der Waals surface area contributed by atoms with Crippen molar-refractivity contribution >= 4 is 5.97 Å². The minimum atomic E-state index is -0.113. The number of likely N-dealkylation sites (N-methyl/N-ethyl adjacent to an activating group) is 1. The fraction of sp³-hybridized carbons (Fsp3) is 0.588. The van der Waals surface area contributed by atoms with E-state index in [2.05, 4.69) is 36.1 Å². The van der Waals surface area contributed by atoms with Crippen LogP contribution in [0.3, 0.4) is 0 Å². The minimum absolute atomic E-state index is 0.113. The Hall–Kier alpha value is -1.35. The number of fused-ring (bicyclic) bond motifs is 1. The summed E-state index contributed by atoms with van der Waals surface area (Å²) in [5.41, 5.74) is 2.96. The van der Waals surface area contributed by atoms with Crippen molar-refractivity contribution in [3.8, 4) is 0 Å². The van der Waals surface area contributed by atoms with E-state index in [9.17, 15) is 4.79 Å². The van der Waals surface area contributed by atoms with Crippen LogP contribution in [0.15, 0.2) is 24.3 Å². The number of carbonyl (C=O) groups is 1. The number of hydrogen-bond acceptors (Lipinski definition) is 3. The molecule has 0 aromatic heterocycles. The molecule has 0 heterocycles. The summed E-state index contributed by atoms with van der Waals surface area (Å²) in [5, 5.41) is 0. The van der Waals surface area contributed by atoms with Crippen molar-refractivity contribution in [1.82, 2.24) is 4.90 Å². The molecule has 1 aromatic carbocycles. The van der Waals surface area contributed by atoms with Crippen LogP contribution in [0.4, 0.5) is 0 Å². The summed E-state index contributed by atoms with van der Waals surface area (Å²) in [6, 6.07) is 8.73. The molecule has 1 unspecified atom stereocenters.